The summed E-state index contributed by atoms with van der Waals surface area (Å²) in [7, 11) is 0. The highest BCUT2D eigenvalue weighted by Crippen LogP contribution is 2.23. The Morgan fingerprint density at radius 1 is 1.11 bits per heavy atom. The van der Waals surface area contributed by atoms with Gasteiger partial charge >= 0.3 is 0 Å². The maximum Gasteiger partial charge on any atom is 0.140 e. The van der Waals surface area contributed by atoms with Crippen LogP contribution >= 0.6 is 27.3 Å². The van der Waals surface area contributed by atoms with Crippen LogP contribution in [0.4, 0.5) is 0 Å². The highest BCUT2D eigenvalue weighted by atomic mass is 79.9. The zero-order valence-corrected chi connectivity index (χ0v) is 12.6. The van der Waals surface area contributed by atoms with E-state index in [1.54, 1.807) is 11.3 Å². The molecule has 96 valence electrons. The second kappa shape index (κ2) is 5.72. The number of nitrogens with zero attached hydrogens (tertiary/aromatic N) is 1. The second-order valence-corrected chi connectivity index (χ2v) is 5.82. The van der Waals surface area contributed by atoms with E-state index in [-0.39, 0.29) is 0 Å². The van der Waals surface area contributed by atoms with Crippen LogP contribution in [-0.4, -0.2) is 4.98 Å². The van der Waals surface area contributed by atoms with Crippen molar-refractivity contribution in [2.75, 3.05) is 0 Å². The molecule has 1 heterocycles. The molecule has 1 aromatic heterocycles. The zero-order chi connectivity index (χ0) is 13.1. The monoisotopic (exact) mass is 333 g/mol. The van der Waals surface area contributed by atoms with Gasteiger partial charge in [0.1, 0.15) is 17.4 Å². The first-order valence-corrected chi connectivity index (χ1v) is 7.91. The summed E-state index contributed by atoms with van der Waals surface area (Å²) < 4.78 is 7.00. The molecule has 0 aliphatic rings. The van der Waals surface area contributed by atoms with E-state index >= 15 is 0 Å². The van der Waals surface area contributed by atoms with E-state index in [2.05, 4.69) is 33.0 Å². The lowest BCUT2D eigenvalue weighted by molar-refractivity contribution is 0.305. The Bertz CT molecular complexity index is 662. The van der Waals surface area contributed by atoms with E-state index in [1.807, 2.05) is 36.4 Å². The first-order chi connectivity index (χ1) is 9.35. The zero-order valence-electron chi connectivity index (χ0n) is 10.2. The highest BCUT2D eigenvalue weighted by molar-refractivity contribution is 9.08. The number of fused-ring (bicyclic) bond motifs is 1. The number of para-hydroxylation sites is 1. The van der Waals surface area contributed by atoms with E-state index in [4.69, 9.17) is 4.74 Å². The van der Waals surface area contributed by atoms with Gasteiger partial charge in [-0.15, -0.1) is 11.3 Å². The predicted molar refractivity (Wildman–Crippen MR) is 83.0 cm³/mol. The average Bonchev–Trinajstić information content (AvgIpc) is 2.88. The molecule has 3 aromatic rings. The van der Waals surface area contributed by atoms with Gasteiger partial charge in [-0.3, -0.25) is 0 Å². The molecule has 0 unspecified atom stereocenters. The summed E-state index contributed by atoms with van der Waals surface area (Å²) in [5.74, 6) is 0.885. The minimum Gasteiger partial charge on any atom is -0.486 e. The van der Waals surface area contributed by atoms with E-state index in [0.717, 1.165) is 21.6 Å². The van der Waals surface area contributed by atoms with E-state index < -0.39 is 0 Å². The van der Waals surface area contributed by atoms with Crippen molar-refractivity contribution in [2.45, 2.75) is 11.9 Å². The van der Waals surface area contributed by atoms with Gasteiger partial charge in [0.25, 0.3) is 0 Å². The number of ether oxygens (including phenoxy) is 1. The van der Waals surface area contributed by atoms with Crippen molar-refractivity contribution < 1.29 is 4.74 Å². The van der Waals surface area contributed by atoms with Crippen molar-refractivity contribution in [1.29, 1.82) is 0 Å². The fraction of sp³-hybridized carbons (Fsp3) is 0.133. The van der Waals surface area contributed by atoms with Crippen molar-refractivity contribution in [1.82, 2.24) is 4.98 Å². The molecule has 0 fully saturated rings. The first-order valence-electron chi connectivity index (χ1n) is 5.97. The van der Waals surface area contributed by atoms with Gasteiger partial charge in [0.15, 0.2) is 0 Å². The normalized spacial score (nSPS) is 10.8. The van der Waals surface area contributed by atoms with Crippen molar-refractivity contribution in [3.8, 4) is 5.75 Å². The van der Waals surface area contributed by atoms with E-state index in [0.29, 0.717) is 6.61 Å². The number of alkyl halides is 1. The molecule has 0 atom stereocenters. The molecular formula is C15H12BrNOS. The molecule has 3 rings (SSSR count). The van der Waals surface area contributed by atoms with Crippen LogP contribution < -0.4 is 4.74 Å². The largest absolute Gasteiger partial charge is 0.486 e. The molecule has 0 amide bonds. The standard InChI is InChI=1S/C15H12BrNOS/c16-9-11-4-3-5-12(8-11)18-10-15-17-13-6-1-2-7-14(13)19-15/h1-8H,9-10H2. The summed E-state index contributed by atoms with van der Waals surface area (Å²) in [5.41, 5.74) is 2.25. The molecule has 0 saturated heterocycles. The SMILES string of the molecule is BrCc1cccc(OCc2nc3ccccc3s2)c1. The molecule has 2 aromatic carbocycles. The summed E-state index contributed by atoms with van der Waals surface area (Å²) in [6, 6.07) is 16.2. The number of aromatic nitrogens is 1. The average molecular weight is 334 g/mol. The second-order valence-electron chi connectivity index (χ2n) is 4.15. The third-order valence-corrected chi connectivity index (χ3v) is 4.41. The number of hydrogen-bond acceptors (Lipinski definition) is 3. The number of hydrogen-bond donors (Lipinski definition) is 0. The highest BCUT2D eigenvalue weighted by Gasteiger charge is 2.04. The minimum absolute atomic E-state index is 0.519. The van der Waals surface area contributed by atoms with Gasteiger partial charge in [0.2, 0.25) is 0 Å². The topological polar surface area (TPSA) is 22.1 Å². The summed E-state index contributed by atoms with van der Waals surface area (Å²) in [4.78, 5) is 4.55. The van der Waals surface area contributed by atoms with Crippen molar-refractivity contribution in [3.63, 3.8) is 0 Å². The maximum absolute atomic E-state index is 5.79. The van der Waals surface area contributed by atoms with Gasteiger partial charge in [-0.2, -0.15) is 0 Å². The van der Waals surface area contributed by atoms with Crippen LogP contribution in [0.5, 0.6) is 5.75 Å². The Hall–Kier alpha value is -1.39. The van der Waals surface area contributed by atoms with Crippen LogP contribution in [0.1, 0.15) is 10.6 Å². The molecule has 19 heavy (non-hydrogen) atoms. The van der Waals surface area contributed by atoms with Gasteiger partial charge in [0.05, 0.1) is 10.2 Å². The number of thiazole rings is 1. The molecule has 0 spiro atoms. The molecule has 0 aliphatic heterocycles. The molecular weight excluding hydrogens is 322 g/mol. The van der Waals surface area contributed by atoms with Crippen molar-refractivity contribution >= 4 is 37.5 Å². The Morgan fingerprint density at radius 3 is 2.84 bits per heavy atom. The fourth-order valence-electron chi connectivity index (χ4n) is 1.85. The van der Waals surface area contributed by atoms with E-state index in [9.17, 15) is 0 Å². The number of halogens is 1. The molecule has 0 bridgehead atoms. The summed E-state index contributed by atoms with van der Waals surface area (Å²) >= 11 is 5.13. The molecule has 4 heteroatoms. The lowest BCUT2D eigenvalue weighted by Gasteiger charge is -2.04. The Kier molecular flexibility index (Phi) is 3.80. The molecule has 0 N–H and O–H groups in total. The van der Waals surface area contributed by atoms with Crippen LogP contribution in [0.15, 0.2) is 48.5 Å². The van der Waals surface area contributed by atoms with Crippen LogP contribution in [0.3, 0.4) is 0 Å². The smallest absolute Gasteiger partial charge is 0.140 e. The van der Waals surface area contributed by atoms with Crippen LogP contribution in [0.2, 0.25) is 0 Å². The van der Waals surface area contributed by atoms with Crippen molar-refractivity contribution in [2.24, 2.45) is 0 Å². The van der Waals surface area contributed by atoms with Crippen molar-refractivity contribution in [3.05, 3.63) is 59.1 Å². The lowest BCUT2D eigenvalue weighted by Crippen LogP contribution is -1.94. The Balaban J connectivity index is 1.74. The maximum atomic E-state index is 5.79. The number of rotatable bonds is 4. The van der Waals surface area contributed by atoms with E-state index in [1.165, 1.54) is 10.3 Å². The van der Waals surface area contributed by atoms with Crippen LogP contribution in [0, 0.1) is 0 Å². The number of benzene rings is 2. The summed E-state index contributed by atoms with van der Waals surface area (Å²) in [6.45, 7) is 0.519. The lowest BCUT2D eigenvalue weighted by atomic mass is 10.2. The summed E-state index contributed by atoms with van der Waals surface area (Å²) in [6.07, 6.45) is 0. The molecule has 0 radical (unpaired) electrons. The summed E-state index contributed by atoms with van der Waals surface area (Å²) in [5, 5.41) is 1.84. The molecule has 0 saturated carbocycles. The van der Waals surface area contributed by atoms with Gasteiger partial charge < -0.3 is 4.74 Å². The Labute approximate surface area is 124 Å². The predicted octanol–water partition coefficient (Wildman–Crippen LogP) is 4.77. The van der Waals surface area contributed by atoms with Gasteiger partial charge in [-0.05, 0) is 29.8 Å². The third-order valence-electron chi connectivity index (χ3n) is 2.75. The molecule has 2 nitrogen and oxygen atoms in total. The fourth-order valence-corrected chi connectivity index (χ4v) is 3.07. The van der Waals surface area contributed by atoms with Gasteiger partial charge in [0, 0.05) is 5.33 Å². The van der Waals surface area contributed by atoms with Gasteiger partial charge in [-0.25, -0.2) is 4.98 Å². The van der Waals surface area contributed by atoms with Crippen LogP contribution in [-0.2, 0) is 11.9 Å². The first kappa shape index (κ1) is 12.6. The third kappa shape index (κ3) is 2.96. The Morgan fingerprint density at radius 2 is 2.00 bits per heavy atom. The van der Waals surface area contributed by atoms with Crippen LogP contribution in [0.25, 0.3) is 10.2 Å². The quantitative estimate of drug-likeness (QED) is 0.641. The molecule has 0 aliphatic carbocycles. The van der Waals surface area contributed by atoms with Gasteiger partial charge in [-0.1, -0.05) is 40.2 Å². The minimum atomic E-state index is 0.519.